The first-order valence-corrected chi connectivity index (χ1v) is 11.0. The highest BCUT2D eigenvalue weighted by atomic mass is 35.5. The lowest BCUT2D eigenvalue weighted by atomic mass is 10.1. The van der Waals surface area contributed by atoms with E-state index < -0.39 is 17.7 Å². The Morgan fingerprint density at radius 3 is 2.29 bits per heavy atom. The highest BCUT2D eigenvalue weighted by Crippen LogP contribution is 2.24. The third-order valence-corrected chi connectivity index (χ3v) is 5.60. The van der Waals surface area contributed by atoms with E-state index in [2.05, 4.69) is 16.1 Å². The second kappa shape index (κ2) is 9.59. The van der Waals surface area contributed by atoms with E-state index in [4.69, 9.17) is 23.2 Å². The second-order valence-corrected chi connectivity index (χ2v) is 8.62. The third kappa shape index (κ3) is 5.06. The molecule has 1 aromatic heterocycles. The molecule has 0 aliphatic carbocycles. The molecule has 0 unspecified atom stereocenters. The smallest absolute Gasteiger partial charge is 0.321 e. The molecule has 7 nitrogen and oxygen atoms in total. The zero-order chi connectivity index (χ0) is 24.4. The zero-order valence-corrected chi connectivity index (χ0v) is 19.8. The minimum absolute atomic E-state index is 0.102. The number of hydrogen-bond acceptors (Lipinski definition) is 3. The standard InChI is InChI=1S/C25H20Cl2N4O3/c1-14-6-8-20(15(2)10-14)29-24(33)25(34)30-31-21-9-7-18(27)11-16(21)12-22(31)23(32)28-19-5-3-4-17(26)13-19/h3-13H,1-2H3,(H,28,32)(H,29,33)(H,30,34). The van der Waals surface area contributed by atoms with Crippen molar-refractivity contribution >= 4 is 63.2 Å². The van der Waals surface area contributed by atoms with Gasteiger partial charge in [0.25, 0.3) is 5.91 Å². The number of nitrogens with zero attached hydrogens (tertiary/aromatic N) is 1. The molecular weight excluding hydrogens is 475 g/mol. The minimum Gasteiger partial charge on any atom is -0.321 e. The average Bonchev–Trinajstić information content (AvgIpc) is 3.13. The van der Waals surface area contributed by atoms with Gasteiger partial charge in [0.2, 0.25) is 0 Å². The van der Waals surface area contributed by atoms with Gasteiger partial charge in [-0.3, -0.25) is 19.8 Å². The number of aryl methyl sites for hydroxylation is 2. The maximum Gasteiger partial charge on any atom is 0.328 e. The molecule has 34 heavy (non-hydrogen) atoms. The Bertz CT molecular complexity index is 1450. The highest BCUT2D eigenvalue weighted by Gasteiger charge is 2.21. The van der Waals surface area contributed by atoms with E-state index in [-0.39, 0.29) is 5.69 Å². The summed E-state index contributed by atoms with van der Waals surface area (Å²) in [4.78, 5) is 38.4. The number of fused-ring (bicyclic) bond motifs is 1. The number of amides is 3. The van der Waals surface area contributed by atoms with Crippen molar-refractivity contribution in [1.82, 2.24) is 4.68 Å². The van der Waals surface area contributed by atoms with Gasteiger partial charge in [0.15, 0.2) is 0 Å². The topological polar surface area (TPSA) is 92.2 Å². The largest absolute Gasteiger partial charge is 0.328 e. The number of rotatable bonds is 4. The first-order valence-electron chi connectivity index (χ1n) is 10.3. The summed E-state index contributed by atoms with van der Waals surface area (Å²) in [6.45, 7) is 3.77. The summed E-state index contributed by atoms with van der Waals surface area (Å²) in [6, 6.07) is 18.6. The molecule has 4 aromatic rings. The van der Waals surface area contributed by atoms with Gasteiger partial charge in [0.1, 0.15) is 5.69 Å². The predicted octanol–water partition coefficient (Wildman–Crippen LogP) is 5.53. The quantitative estimate of drug-likeness (QED) is 0.326. The summed E-state index contributed by atoms with van der Waals surface area (Å²) in [5.41, 5.74) is 5.97. The monoisotopic (exact) mass is 494 g/mol. The molecule has 0 bridgehead atoms. The lowest BCUT2D eigenvalue weighted by molar-refractivity contribution is -0.133. The first kappa shape index (κ1) is 23.4. The van der Waals surface area contributed by atoms with Crippen LogP contribution in [0, 0.1) is 13.8 Å². The molecular formula is C25H20Cl2N4O3. The predicted molar refractivity (Wildman–Crippen MR) is 135 cm³/mol. The van der Waals surface area contributed by atoms with Crippen LogP contribution in [0.4, 0.5) is 11.4 Å². The number of nitrogens with one attached hydrogen (secondary N) is 3. The molecule has 1 heterocycles. The average molecular weight is 495 g/mol. The van der Waals surface area contributed by atoms with Crippen LogP contribution in [0.3, 0.4) is 0 Å². The number of hydrogen-bond donors (Lipinski definition) is 3. The Morgan fingerprint density at radius 2 is 1.56 bits per heavy atom. The Balaban J connectivity index is 1.63. The van der Waals surface area contributed by atoms with Crippen molar-refractivity contribution < 1.29 is 14.4 Å². The molecule has 0 fully saturated rings. The molecule has 3 N–H and O–H groups in total. The number of carbonyl (C=O) groups is 3. The Labute approximate surface area is 205 Å². The number of benzene rings is 3. The van der Waals surface area contributed by atoms with Gasteiger partial charge >= 0.3 is 11.8 Å². The summed E-state index contributed by atoms with van der Waals surface area (Å²) in [5, 5.41) is 6.87. The van der Waals surface area contributed by atoms with E-state index in [1.165, 1.54) is 4.68 Å². The number of anilines is 2. The van der Waals surface area contributed by atoms with Crippen LogP contribution in [0.1, 0.15) is 21.6 Å². The van der Waals surface area contributed by atoms with E-state index in [1.54, 1.807) is 54.6 Å². The maximum atomic E-state index is 13.1. The molecule has 0 spiro atoms. The highest BCUT2D eigenvalue weighted by molar-refractivity contribution is 6.42. The first-order chi connectivity index (χ1) is 16.2. The van der Waals surface area contributed by atoms with Crippen LogP contribution >= 0.6 is 23.2 Å². The van der Waals surface area contributed by atoms with Crippen LogP contribution in [-0.2, 0) is 9.59 Å². The normalized spacial score (nSPS) is 10.7. The van der Waals surface area contributed by atoms with Gasteiger partial charge in [0, 0.05) is 26.8 Å². The maximum absolute atomic E-state index is 13.1. The lowest BCUT2D eigenvalue weighted by Gasteiger charge is -2.13. The number of aromatic nitrogens is 1. The molecule has 0 aliphatic heterocycles. The molecule has 0 saturated carbocycles. The van der Waals surface area contributed by atoms with Crippen LogP contribution < -0.4 is 16.1 Å². The molecule has 172 valence electrons. The summed E-state index contributed by atoms with van der Waals surface area (Å²) < 4.78 is 1.26. The second-order valence-electron chi connectivity index (χ2n) is 7.75. The van der Waals surface area contributed by atoms with Crippen molar-refractivity contribution in [3.05, 3.63) is 93.6 Å². The molecule has 0 radical (unpaired) electrons. The van der Waals surface area contributed by atoms with Crippen LogP contribution in [0.2, 0.25) is 10.0 Å². The van der Waals surface area contributed by atoms with Crippen molar-refractivity contribution in [2.24, 2.45) is 0 Å². The summed E-state index contributed by atoms with van der Waals surface area (Å²) >= 11 is 12.1. The fourth-order valence-corrected chi connectivity index (χ4v) is 3.89. The van der Waals surface area contributed by atoms with Gasteiger partial charge in [0.05, 0.1) is 5.52 Å². The van der Waals surface area contributed by atoms with E-state index in [9.17, 15) is 14.4 Å². The van der Waals surface area contributed by atoms with Gasteiger partial charge in [-0.1, -0.05) is 47.0 Å². The fraction of sp³-hybridized carbons (Fsp3) is 0.0800. The van der Waals surface area contributed by atoms with Gasteiger partial charge < -0.3 is 10.6 Å². The summed E-state index contributed by atoms with van der Waals surface area (Å²) in [5.74, 6) is -2.32. The van der Waals surface area contributed by atoms with Crippen LogP contribution in [-0.4, -0.2) is 22.4 Å². The van der Waals surface area contributed by atoms with E-state index in [0.717, 1.165) is 11.1 Å². The fourth-order valence-electron chi connectivity index (χ4n) is 3.52. The molecule has 4 rings (SSSR count). The van der Waals surface area contributed by atoms with Gasteiger partial charge in [-0.15, -0.1) is 0 Å². The van der Waals surface area contributed by atoms with Gasteiger partial charge in [-0.25, -0.2) is 4.68 Å². The zero-order valence-electron chi connectivity index (χ0n) is 18.3. The molecule has 0 saturated heterocycles. The molecule has 3 amide bonds. The third-order valence-electron chi connectivity index (χ3n) is 5.13. The van der Waals surface area contributed by atoms with Crippen LogP contribution in [0.25, 0.3) is 10.9 Å². The Hall–Kier alpha value is -3.81. The van der Waals surface area contributed by atoms with Crippen molar-refractivity contribution in [3.8, 4) is 0 Å². The summed E-state index contributed by atoms with van der Waals surface area (Å²) in [7, 11) is 0. The molecule has 3 aromatic carbocycles. The van der Waals surface area contributed by atoms with Crippen LogP contribution in [0.15, 0.2) is 66.7 Å². The molecule has 0 atom stereocenters. The molecule has 0 aliphatic rings. The number of carbonyl (C=O) groups excluding carboxylic acids is 3. The van der Waals surface area contributed by atoms with Crippen LogP contribution in [0.5, 0.6) is 0 Å². The van der Waals surface area contributed by atoms with Crippen molar-refractivity contribution in [3.63, 3.8) is 0 Å². The van der Waals surface area contributed by atoms with Crippen molar-refractivity contribution in [2.45, 2.75) is 13.8 Å². The van der Waals surface area contributed by atoms with Gasteiger partial charge in [-0.05, 0) is 67.9 Å². The summed E-state index contributed by atoms with van der Waals surface area (Å²) in [6.07, 6.45) is 0. The van der Waals surface area contributed by atoms with E-state index in [1.807, 2.05) is 26.0 Å². The number of halogens is 2. The van der Waals surface area contributed by atoms with Gasteiger partial charge in [-0.2, -0.15) is 0 Å². The van der Waals surface area contributed by atoms with E-state index in [0.29, 0.717) is 32.3 Å². The Morgan fingerprint density at radius 1 is 0.794 bits per heavy atom. The molecule has 9 heteroatoms. The Kier molecular flexibility index (Phi) is 6.58. The van der Waals surface area contributed by atoms with E-state index >= 15 is 0 Å². The lowest BCUT2D eigenvalue weighted by Crippen LogP contribution is -2.36. The SMILES string of the molecule is Cc1ccc(NC(=O)C(=O)Nn2c(C(=O)Nc3cccc(Cl)c3)cc3cc(Cl)ccc32)c(C)c1. The van der Waals surface area contributed by atoms with Crippen molar-refractivity contribution in [2.75, 3.05) is 16.1 Å². The minimum atomic E-state index is -0.941. The van der Waals surface area contributed by atoms with Crippen molar-refractivity contribution in [1.29, 1.82) is 0 Å².